The number of benzene rings is 2. The monoisotopic (exact) mass is 483 g/mol. The molecule has 4 aromatic rings. The van der Waals surface area contributed by atoms with Crippen molar-refractivity contribution in [2.45, 2.75) is 31.7 Å². The van der Waals surface area contributed by atoms with E-state index in [1.807, 2.05) is 66.4 Å². The summed E-state index contributed by atoms with van der Waals surface area (Å²) in [5.41, 5.74) is 4.88. The second-order valence-corrected chi connectivity index (χ2v) is 9.56. The summed E-state index contributed by atoms with van der Waals surface area (Å²) in [6.45, 7) is 5.65. The molecule has 0 N–H and O–H groups in total. The van der Waals surface area contributed by atoms with Crippen molar-refractivity contribution in [2.24, 2.45) is 7.05 Å². The minimum Gasteiger partial charge on any atom is -0.305 e. The van der Waals surface area contributed by atoms with Crippen molar-refractivity contribution in [3.05, 3.63) is 69.7 Å². The summed E-state index contributed by atoms with van der Waals surface area (Å²) >= 11 is 9.31. The van der Waals surface area contributed by atoms with Gasteiger partial charge in [-0.1, -0.05) is 41.6 Å². The summed E-state index contributed by atoms with van der Waals surface area (Å²) in [5.74, 6) is 1.26. The number of hydrogen-bond acceptors (Lipinski definition) is 6. The fourth-order valence-electron chi connectivity index (χ4n) is 3.21. The number of aryl methyl sites for hydroxylation is 2. The maximum atomic E-state index is 12.4. The molecule has 32 heavy (non-hydrogen) atoms. The molecule has 164 valence electrons. The minimum atomic E-state index is -0.0699. The van der Waals surface area contributed by atoms with Crippen LogP contribution in [0.1, 0.15) is 23.7 Å². The average molecular weight is 484 g/mol. The summed E-state index contributed by atoms with van der Waals surface area (Å²) in [7, 11) is 1.92. The molecule has 0 unspecified atom stereocenters. The molecule has 0 atom stereocenters. The number of nitrogens with zero attached hydrogens (tertiary/aromatic N) is 5. The van der Waals surface area contributed by atoms with Gasteiger partial charge in [0.15, 0.2) is 16.1 Å². The maximum absolute atomic E-state index is 12.4. The Labute approximate surface area is 200 Å². The molecule has 0 aliphatic heterocycles. The molecule has 2 heterocycles. The van der Waals surface area contributed by atoms with Gasteiger partial charge in [0, 0.05) is 30.7 Å². The molecule has 2 aromatic carbocycles. The van der Waals surface area contributed by atoms with Gasteiger partial charge in [-0.15, -0.1) is 21.5 Å². The van der Waals surface area contributed by atoms with Crippen LogP contribution in [0.4, 0.5) is 10.8 Å². The highest BCUT2D eigenvalue weighted by Crippen LogP contribution is 2.33. The zero-order chi connectivity index (χ0) is 22.8. The predicted octanol–water partition coefficient (Wildman–Crippen LogP) is 6.19. The molecule has 0 radical (unpaired) electrons. The molecule has 0 saturated carbocycles. The number of hydrogen-bond donors (Lipinski definition) is 0. The quantitative estimate of drug-likeness (QED) is 0.306. The summed E-state index contributed by atoms with van der Waals surface area (Å²) in [6.07, 6.45) is 0. The zero-order valence-electron chi connectivity index (χ0n) is 18.2. The van der Waals surface area contributed by atoms with E-state index in [0.717, 1.165) is 33.5 Å². The average Bonchev–Trinajstić information content (AvgIpc) is 3.36. The van der Waals surface area contributed by atoms with Crippen LogP contribution in [0.25, 0.3) is 11.4 Å². The van der Waals surface area contributed by atoms with Gasteiger partial charge in [-0.05, 0) is 49.2 Å². The first-order chi connectivity index (χ1) is 15.3. The number of thiazole rings is 1. The van der Waals surface area contributed by atoms with Crippen molar-refractivity contribution in [3.63, 3.8) is 0 Å². The van der Waals surface area contributed by atoms with Crippen molar-refractivity contribution in [2.75, 3.05) is 4.90 Å². The predicted molar refractivity (Wildman–Crippen MR) is 132 cm³/mol. The number of halogens is 1. The number of thioether (sulfide) groups is 1. The van der Waals surface area contributed by atoms with Crippen molar-refractivity contribution in [1.82, 2.24) is 19.7 Å². The Morgan fingerprint density at radius 2 is 1.94 bits per heavy atom. The summed E-state index contributed by atoms with van der Waals surface area (Å²) in [6, 6.07) is 13.6. The number of anilines is 2. The third kappa shape index (κ3) is 4.57. The lowest BCUT2D eigenvalue weighted by molar-refractivity contribution is -0.115. The Morgan fingerprint density at radius 3 is 2.66 bits per heavy atom. The first-order valence-electron chi connectivity index (χ1n) is 9.94. The van der Waals surface area contributed by atoms with Crippen LogP contribution in [0.5, 0.6) is 0 Å². The van der Waals surface area contributed by atoms with E-state index in [2.05, 4.69) is 17.1 Å². The molecule has 0 fully saturated rings. The van der Waals surface area contributed by atoms with Crippen molar-refractivity contribution < 1.29 is 4.79 Å². The first-order valence-corrected chi connectivity index (χ1v) is 12.2. The molecule has 0 bridgehead atoms. The van der Waals surface area contributed by atoms with E-state index in [9.17, 15) is 4.79 Å². The van der Waals surface area contributed by atoms with Crippen LogP contribution in [-0.2, 0) is 17.6 Å². The second-order valence-electron chi connectivity index (χ2n) is 7.38. The molecule has 2 aromatic heterocycles. The standard InChI is InChI=1S/C23H22ClN5OS2/c1-14-9-10-18(11-15(14)2)29(16(3)30)22-25-17(12-31-22)13-32-23-27-26-21(28(23)4)19-7-5-6-8-20(19)24/h5-12H,13H2,1-4H3. The Morgan fingerprint density at radius 1 is 1.16 bits per heavy atom. The van der Waals surface area contributed by atoms with E-state index in [1.54, 1.807) is 23.6 Å². The number of aromatic nitrogens is 4. The van der Waals surface area contributed by atoms with Gasteiger partial charge in [0.05, 0.1) is 16.4 Å². The van der Waals surface area contributed by atoms with Gasteiger partial charge < -0.3 is 4.57 Å². The SMILES string of the molecule is CC(=O)N(c1ccc(C)c(C)c1)c1nc(CSc2nnc(-c3ccccc3Cl)n2C)cs1. The molecule has 4 rings (SSSR count). The number of carbonyl (C=O) groups is 1. The number of rotatable bonds is 6. The molecule has 0 aliphatic rings. The van der Waals surface area contributed by atoms with Gasteiger partial charge in [0.25, 0.3) is 0 Å². The van der Waals surface area contributed by atoms with Gasteiger partial charge in [0.1, 0.15) is 0 Å². The Balaban J connectivity index is 1.52. The van der Waals surface area contributed by atoms with E-state index in [0.29, 0.717) is 15.9 Å². The Hall–Kier alpha value is -2.68. The first kappa shape index (κ1) is 22.5. The van der Waals surface area contributed by atoms with Gasteiger partial charge in [-0.25, -0.2) is 4.98 Å². The lowest BCUT2D eigenvalue weighted by Crippen LogP contribution is -2.22. The van der Waals surface area contributed by atoms with E-state index in [4.69, 9.17) is 16.6 Å². The van der Waals surface area contributed by atoms with E-state index in [1.165, 1.54) is 16.9 Å². The lowest BCUT2D eigenvalue weighted by atomic mass is 10.1. The molecule has 9 heteroatoms. The van der Waals surface area contributed by atoms with Crippen molar-refractivity contribution in [1.29, 1.82) is 0 Å². The third-order valence-electron chi connectivity index (χ3n) is 5.09. The minimum absolute atomic E-state index is 0.0699. The van der Waals surface area contributed by atoms with E-state index >= 15 is 0 Å². The molecule has 0 spiro atoms. The number of amides is 1. The normalized spacial score (nSPS) is 11.0. The molecular formula is C23H22ClN5OS2. The largest absolute Gasteiger partial charge is 0.305 e. The van der Waals surface area contributed by atoms with Crippen LogP contribution >= 0.6 is 34.7 Å². The Kier molecular flexibility index (Phi) is 6.64. The molecule has 1 amide bonds. The summed E-state index contributed by atoms with van der Waals surface area (Å²) in [4.78, 5) is 18.8. The molecule has 6 nitrogen and oxygen atoms in total. The fourth-order valence-corrected chi connectivity index (χ4v) is 5.23. The zero-order valence-corrected chi connectivity index (χ0v) is 20.6. The third-order valence-corrected chi connectivity index (χ3v) is 7.35. The fraction of sp³-hybridized carbons (Fsp3) is 0.217. The Bertz CT molecular complexity index is 1280. The van der Waals surface area contributed by atoms with Crippen LogP contribution in [0.3, 0.4) is 0 Å². The number of carbonyl (C=O) groups excluding carboxylic acids is 1. The van der Waals surface area contributed by atoms with Crippen LogP contribution in [0.2, 0.25) is 5.02 Å². The molecular weight excluding hydrogens is 462 g/mol. The van der Waals surface area contributed by atoms with E-state index in [-0.39, 0.29) is 5.91 Å². The summed E-state index contributed by atoms with van der Waals surface area (Å²) in [5, 5.41) is 12.7. The van der Waals surface area contributed by atoms with Crippen LogP contribution in [-0.4, -0.2) is 25.7 Å². The highest BCUT2D eigenvalue weighted by Gasteiger charge is 2.19. The maximum Gasteiger partial charge on any atom is 0.230 e. The van der Waals surface area contributed by atoms with Crippen LogP contribution < -0.4 is 4.90 Å². The van der Waals surface area contributed by atoms with Gasteiger partial charge >= 0.3 is 0 Å². The highest BCUT2D eigenvalue weighted by atomic mass is 35.5. The van der Waals surface area contributed by atoms with E-state index < -0.39 is 0 Å². The van der Waals surface area contributed by atoms with Gasteiger partial charge in [-0.3, -0.25) is 9.69 Å². The van der Waals surface area contributed by atoms with Crippen molar-refractivity contribution in [3.8, 4) is 11.4 Å². The van der Waals surface area contributed by atoms with Crippen LogP contribution in [0.15, 0.2) is 53.0 Å². The highest BCUT2D eigenvalue weighted by molar-refractivity contribution is 7.98. The van der Waals surface area contributed by atoms with Crippen molar-refractivity contribution >= 4 is 51.4 Å². The smallest absolute Gasteiger partial charge is 0.230 e. The molecule has 0 aliphatic carbocycles. The van der Waals surface area contributed by atoms with Gasteiger partial charge in [0.2, 0.25) is 5.91 Å². The topological polar surface area (TPSA) is 63.9 Å². The van der Waals surface area contributed by atoms with Crippen LogP contribution in [0, 0.1) is 13.8 Å². The second kappa shape index (κ2) is 9.44. The lowest BCUT2D eigenvalue weighted by Gasteiger charge is -2.19. The molecule has 0 saturated heterocycles. The van der Waals surface area contributed by atoms with Gasteiger partial charge in [-0.2, -0.15) is 0 Å². The summed E-state index contributed by atoms with van der Waals surface area (Å²) < 4.78 is 1.93.